The summed E-state index contributed by atoms with van der Waals surface area (Å²) < 4.78 is 12.6. The third-order valence-electron chi connectivity index (χ3n) is 5.82. The summed E-state index contributed by atoms with van der Waals surface area (Å²) in [7, 11) is 0. The Morgan fingerprint density at radius 3 is 2.51 bits per heavy atom. The zero-order valence-corrected chi connectivity index (χ0v) is 20.7. The van der Waals surface area contributed by atoms with Crippen molar-refractivity contribution in [3.8, 4) is 11.5 Å². The molecular weight excluding hydrogens is 468 g/mol. The number of hydrogen-bond acceptors (Lipinski definition) is 8. The number of carbonyl (C=O) groups excluding carboxylic acids is 1. The monoisotopic (exact) mass is 496 g/mol. The zero-order valence-electron chi connectivity index (χ0n) is 20.7. The van der Waals surface area contributed by atoms with Crippen LogP contribution in [0.3, 0.4) is 0 Å². The summed E-state index contributed by atoms with van der Waals surface area (Å²) in [5.74, 6) is 1.26. The van der Waals surface area contributed by atoms with Crippen LogP contribution in [0, 0.1) is 0 Å². The van der Waals surface area contributed by atoms with Crippen LogP contribution >= 0.6 is 0 Å². The first-order valence-corrected chi connectivity index (χ1v) is 12.1. The lowest BCUT2D eigenvalue weighted by Gasteiger charge is -2.11. The maximum absolute atomic E-state index is 12.9. The van der Waals surface area contributed by atoms with Gasteiger partial charge in [-0.2, -0.15) is 9.67 Å². The Labute approximate surface area is 215 Å². The van der Waals surface area contributed by atoms with Crippen LogP contribution in [0.4, 0.5) is 17.6 Å². The van der Waals surface area contributed by atoms with Gasteiger partial charge in [-0.15, -0.1) is 5.10 Å². The molecule has 2 heterocycles. The van der Waals surface area contributed by atoms with Crippen molar-refractivity contribution in [3.05, 3.63) is 89.5 Å². The Morgan fingerprint density at radius 1 is 1.03 bits per heavy atom. The van der Waals surface area contributed by atoms with E-state index in [1.165, 1.54) is 11.1 Å². The van der Waals surface area contributed by atoms with Crippen LogP contribution in [0.2, 0.25) is 0 Å². The number of carbonyl (C=O) groups is 1. The molecule has 0 fully saturated rings. The van der Waals surface area contributed by atoms with E-state index in [1.54, 1.807) is 24.3 Å². The molecule has 3 aromatic carbocycles. The standard InChI is InChI=1S/C28H28N6O3/c1-18(2)37-23-11-7-19(8-12-23)26(35)34-27(29)32-28(33-34)31-21-9-13-22(14-10-21)36-16-15-25-24-6-4-3-5-20(24)17-30-25/h3-14,17-18,25H,15-16H2,1-2H3,(H3,29,31,32,33). The SMILES string of the molecule is CC(C)Oc1ccc(C(=O)n2nc(Nc3ccc(OCCC4N=Cc5ccccc54)cc3)nc2N)cc1. The maximum atomic E-state index is 12.9. The van der Waals surface area contributed by atoms with Gasteiger partial charge in [0.15, 0.2) is 0 Å². The number of rotatable bonds is 9. The third kappa shape index (κ3) is 5.61. The van der Waals surface area contributed by atoms with Crippen molar-refractivity contribution in [2.45, 2.75) is 32.4 Å². The minimum absolute atomic E-state index is 0.00824. The minimum Gasteiger partial charge on any atom is -0.494 e. The molecule has 0 amide bonds. The van der Waals surface area contributed by atoms with E-state index in [9.17, 15) is 4.79 Å². The van der Waals surface area contributed by atoms with Crippen LogP contribution < -0.4 is 20.5 Å². The van der Waals surface area contributed by atoms with Crippen LogP contribution in [-0.4, -0.2) is 39.6 Å². The van der Waals surface area contributed by atoms with Crippen LogP contribution in [0.5, 0.6) is 11.5 Å². The molecule has 5 rings (SSSR count). The molecular formula is C28H28N6O3. The van der Waals surface area contributed by atoms with Crippen molar-refractivity contribution in [1.82, 2.24) is 14.8 Å². The molecule has 1 aliphatic heterocycles. The molecule has 0 saturated heterocycles. The first-order valence-electron chi connectivity index (χ1n) is 12.1. The van der Waals surface area contributed by atoms with Gasteiger partial charge in [-0.25, -0.2) is 0 Å². The fourth-order valence-electron chi connectivity index (χ4n) is 4.06. The highest BCUT2D eigenvalue weighted by Crippen LogP contribution is 2.29. The van der Waals surface area contributed by atoms with Gasteiger partial charge in [-0.3, -0.25) is 9.79 Å². The summed E-state index contributed by atoms with van der Waals surface area (Å²) in [6, 6.07) is 22.6. The molecule has 1 atom stereocenters. The molecule has 1 aromatic heterocycles. The number of benzene rings is 3. The Bertz CT molecular complexity index is 1410. The molecule has 0 spiro atoms. The summed E-state index contributed by atoms with van der Waals surface area (Å²) in [6.07, 6.45) is 2.77. The molecule has 0 radical (unpaired) electrons. The van der Waals surface area contributed by atoms with Gasteiger partial charge in [0.1, 0.15) is 11.5 Å². The van der Waals surface area contributed by atoms with E-state index in [4.69, 9.17) is 15.2 Å². The average molecular weight is 497 g/mol. The Hall–Kier alpha value is -4.66. The molecule has 188 valence electrons. The van der Waals surface area contributed by atoms with E-state index in [0.29, 0.717) is 17.9 Å². The fourth-order valence-corrected chi connectivity index (χ4v) is 4.06. The van der Waals surface area contributed by atoms with E-state index >= 15 is 0 Å². The number of nitrogens with two attached hydrogens (primary N) is 1. The van der Waals surface area contributed by atoms with E-state index < -0.39 is 0 Å². The number of hydrogen-bond donors (Lipinski definition) is 2. The van der Waals surface area contributed by atoms with Crippen LogP contribution in [0.25, 0.3) is 0 Å². The number of fused-ring (bicyclic) bond motifs is 1. The van der Waals surface area contributed by atoms with Crippen molar-refractivity contribution in [2.75, 3.05) is 17.7 Å². The van der Waals surface area contributed by atoms with E-state index in [-0.39, 0.29) is 29.9 Å². The van der Waals surface area contributed by atoms with Gasteiger partial charge in [-0.05, 0) is 73.5 Å². The predicted molar refractivity (Wildman–Crippen MR) is 143 cm³/mol. The quantitative estimate of drug-likeness (QED) is 0.334. The highest BCUT2D eigenvalue weighted by molar-refractivity contribution is 5.97. The van der Waals surface area contributed by atoms with E-state index in [0.717, 1.165) is 22.5 Å². The van der Waals surface area contributed by atoms with E-state index in [1.807, 2.05) is 56.5 Å². The molecule has 9 nitrogen and oxygen atoms in total. The number of aliphatic imine (C=N–C) groups is 1. The lowest BCUT2D eigenvalue weighted by Crippen LogP contribution is -2.16. The molecule has 0 aliphatic carbocycles. The van der Waals surface area contributed by atoms with Crippen LogP contribution in [-0.2, 0) is 0 Å². The van der Waals surface area contributed by atoms with Crippen LogP contribution in [0.15, 0.2) is 77.8 Å². The number of anilines is 3. The summed E-state index contributed by atoms with van der Waals surface area (Å²) in [5.41, 5.74) is 9.54. The predicted octanol–water partition coefficient (Wildman–Crippen LogP) is 5.02. The van der Waals surface area contributed by atoms with Crippen molar-refractivity contribution >= 4 is 29.7 Å². The Balaban J connectivity index is 1.16. The largest absolute Gasteiger partial charge is 0.494 e. The summed E-state index contributed by atoms with van der Waals surface area (Å²) in [4.78, 5) is 21.6. The maximum Gasteiger partial charge on any atom is 0.281 e. The molecule has 9 heteroatoms. The molecule has 0 bridgehead atoms. The lowest BCUT2D eigenvalue weighted by atomic mass is 10.0. The van der Waals surface area contributed by atoms with Gasteiger partial charge in [0.2, 0.25) is 11.9 Å². The highest BCUT2D eigenvalue weighted by atomic mass is 16.5. The second-order valence-corrected chi connectivity index (χ2v) is 8.91. The van der Waals surface area contributed by atoms with Crippen LogP contribution in [0.1, 0.15) is 47.8 Å². The first kappa shape index (κ1) is 24.1. The number of nitrogen functional groups attached to an aromatic ring is 1. The highest BCUT2D eigenvalue weighted by Gasteiger charge is 2.18. The van der Waals surface area contributed by atoms with Gasteiger partial charge >= 0.3 is 0 Å². The first-order chi connectivity index (χ1) is 18.0. The summed E-state index contributed by atoms with van der Waals surface area (Å²) in [5, 5.41) is 7.30. The van der Waals surface area contributed by atoms with Gasteiger partial charge in [0, 0.05) is 23.9 Å². The number of ether oxygens (including phenoxy) is 2. The second kappa shape index (κ2) is 10.5. The Morgan fingerprint density at radius 2 is 1.76 bits per heavy atom. The molecule has 3 N–H and O–H groups in total. The molecule has 4 aromatic rings. The van der Waals surface area contributed by atoms with Crippen molar-refractivity contribution in [1.29, 1.82) is 0 Å². The van der Waals surface area contributed by atoms with Gasteiger partial charge in [0.25, 0.3) is 5.91 Å². The minimum atomic E-state index is -0.382. The molecule has 1 unspecified atom stereocenters. The summed E-state index contributed by atoms with van der Waals surface area (Å²) in [6.45, 7) is 4.44. The molecule has 37 heavy (non-hydrogen) atoms. The summed E-state index contributed by atoms with van der Waals surface area (Å²) >= 11 is 0. The number of nitrogens with one attached hydrogen (secondary N) is 1. The average Bonchev–Trinajstić information content (AvgIpc) is 3.48. The van der Waals surface area contributed by atoms with E-state index in [2.05, 4.69) is 32.5 Å². The second-order valence-electron chi connectivity index (χ2n) is 8.91. The third-order valence-corrected chi connectivity index (χ3v) is 5.82. The number of nitrogens with zero attached hydrogens (tertiary/aromatic N) is 4. The van der Waals surface area contributed by atoms with Gasteiger partial charge in [0.05, 0.1) is 18.8 Å². The van der Waals surface area contributed by atoms with Gasteiger partial charge < -0.3 is 20.5 Å². The smallest absolute Gasteiger partial charge is 0.281 e. The zero-order chi connectivity index (χ0) is 25.8. The molecule has 0 saturated carbocycles. The Kier molecular flexibility index (Phi) is 6.85. The number of aromatic nitrogens is 3. The topological polar surface area (TPSA) is 117 Å². The normalized spacial score (nSPS) is 14.0. The van der Waals surface area contributed by atoms with Crippen molar-refractivity contribution in [2.24, 2.45) is 4.99 Å². The lowest BCUT2D eigenvalue weighted by molar-refractivity contribution is 0.0948. The van der Waals surface area contributed by atoms with Gasteiger partial charge in [-0.1, -0.05) is 24.3 Å². The van der Waals surface area contributed by atoms with Crippen molar-refractivity contribution in [3.63, 3.8) is 0 Å². The molecule has 1 aliphatic rings. The fraction of sp³-hybridized carbons (Fsp3) is 0.214. The van der Waals surface area contributed by atoms with Crippen molar-refractivity contribution < 1.29 is 14.3 Å².